The molecule has 0 aromatic carbocycles. The van der Waals surface area contributed by atoms with Crippen LogP contribution in [-0.4, -0.2) is 27.2 Å². The van der Waals surface area contributed by atoms with E-state index in [2.05, 4.69) is 29.4 Å². The molecule has 0 aliphatic carbocycles. The molecule has 0 saturated carbocycles. The van der Waals surface area contributed by atoms with Crippen LogP contribution in [0.5, 0.6) is 0 Å². The lowest BCUT2D eigenvalue weighted by molar-refractivity contribution is -0.121. The fourth-order valence-corrected chi connectivity index (χ4v) is 3.10. The SMILES string of the molecule is CC(C)CCCNC(=O)CCn1c(-c2cccs2)n[nH]c1=S. The van der Waals surface area contributed by atoms with Gasteiger partial charge < -0.3 is 5.32 Å². The van der Waals surface area contributed by atoms with Gasteiger partial charge in [-0.3, -0.25) is 14.5 Å². The highest BCUT2D eigenvalue weighted by Gasteiger charge is 2.11. The van der Waals surface area contributed by atoms with Crippen molar-refractivity contribution >= 4 is 29.5 Å². The summed E-state index contributed by atoms with van der Waals surface area (Å²) in [7, 11) is 0. The van der Waals surface area contributed by atoms with Crippen molar-refractivity contribution < 1.29 is 4.79 Å². The van der Waals surface area contributed by atoms with Crippen molar-refractivity contribution in [2.75, 3.05) is 6.54 Å². The molecule has 0 aliphatic rings. The number of rotatable bonds is 8. The van der Waals surface area contributed by atoms with E-state index in [9.17, 15) is 4.79 Å². The Hall–Kier alpha value is -1.47. The van der Waals surface area contributed by atoms with Crippen LogP contribution >= 0.6 is 23.6 Å². The summed E-state index contributed by atoms with van der Waals surface area (Å²) in [6.45, 7) is 5.66. The minimum atomic E-state index is 0.0592. The number of H-pyrrole nitrogens is 1. The summed E-state index contributed by atoms with van der Waals surface area (Å²) in [4.78, 5) is 13.0. The van der Waals surface area contributed by atoms with Crippen molar-refractivity contribution in [1.29, 1.82) is 0 Å². The third-order valence-electron chi connectivity index (χ3n) is 3.34. The van der Waals surface area contributed by atoms with Crippen molar-refractivity contribution in [3.8, 4) is 10.7 Å². The molecule has 2 heterocycles. The van der Waals surface area contributed by atoms with Gasteiger partial charge in [0.1, 0.15) is 0 Å². The van der Waals surface area contributed by atoms with Crippen molar-refractivity contribution in [3.05, 3.63) is 22.3 Å². The second-order valence-corrected chi connectivity index (χ2v) is 6.95. The van der Waals surface area contributed by atoms with Gasteiger partial charge in [0.05, 0.1) is 4.88 Å². The Morgan fingerprint density at radius 1 is 1.55 bits per heavy atom. The molecule has 0 spiro atoms. The smallest absolute Gasteiger partial charge is 0.221 e. The van der Waals surface area contributed by atoms with Gasteiger partial charge in [-0.1, -0.05) is 19.9 Å². The molecule has 2 aromatic heterocycles. The number of nitrogens with zero attached hydrogens (tertiary/aromatic N) is 2. The number of carbonyl (C=O) groups is 1. The lowest BCUT2D eigenvalue weighted by atomic mass is 10.1. The molecule has 120 valence electrons. The summed E-state index contributed by atoms with van der Waals surface area (Å²) < 4.78 is 2.44. The number of aromatic nitrogens is 3. The third kappa shape index (κ3) is 4.78. The maximum Gasteiger partial charge on any atom is 0.221 e. The predicted molar refractivity (Wildman–Crippen MR) is 92.4 cm³/mol. The van der Waals surface area contributed by atoms with Crippen LogP contribution in [0.25, 0.3) is 10.7 Å². The van der Waals surface area contributed by atoms with E-state index in [1.165, 1.54) is 0 Å². The van der Waals surface area contributed by atoms with Gasteiger partial charge in [-0.05, 0) is 42.4 Å². The molecule has 2 aromatic rings. The van der Waals surface area contributed by atoms with Gasteiger partial charge in [-0.25, -0.2) is 0 Å². The molecule has 0 radical (unpaired) electrons. The molecular formula is C15H22N4OS2. The van der Waals surface area contributed by atoms with E-state index in [1.807, 2.05) is 22.1 Å². The first-order chi connectivity index (χ1) is 10.6. The molecule has 0 bridgehead atoms. The van der Waals surface area contributed by atoms with E-state index in [-0.39, 0.29) is 5.91 Å². The van der Waals surface area contributed by atoms with Crippen LogP contribution in [-0.2, 0) is 11.3 Å². The Bertz CT molecular complexity index is 643. The van der Waals surface area contributed by atoms with E-state index in [4.69, 9.17) is 12.2 Å². The highest BCUT2D eigenvalue weighted by atomic mass is 32.1. The average molecular weight is 339 g/mol. The molecule has 22 heavy (non-hydrogen) atoms. The van der Waals surface area contributed by atoms with Crippen LogP contribution in [0.3, 0.4) is 0 Å². The van der Waals surface area contributed by atoms with Gasteiger partial charge in [0.25, 0.3) is 0 Å². The summed E-state index contributed by atoms with van der Waals surface area (Å²) in [6, 6.07) is 3.97. The minimum absolute atomic E-state index is 0.0592. The molecule has 5 nitrogen and oxygen atoms in total. The first kappa shape index (κ1) is 16.9. The largest absolute Gasteiger partial charge is 0.356 e. The van der Waals surface area contributed by atoms with E-state index >= 15 is 0 Å². The Balaban J connectivity index is 1.86. The Morgan fingerprint density at radius 2 is 2.36 bits per heavy atom. The standard InChI is InChI=1S/C15H22N4OS2/c1-11(2)5-3-8-16-13(20)7-9-19-14(17-18-15(19)21)12-6-4-10-22-12/h4,6,10-11H,3,5,7-9H2,1-2H3,(H,16,20)(H,18,21). The lowest BCUT2D eigenvalue weighted by Crippen LogP contribution is -2.25. The summed E-state index contributed by atoms with van der Waals surface area (Å²) in [5, 5.41) is 12.0. The number of amides is 1. The summed E-state index contributed by atoms with van der Waals surface area (Å²) >= 11 is 6.86. The maximum absolute atomic E-state index is 11.9. The second-order valence-electron chi connectivity index (χ2n) is 5.62. The number of carbonyl (C=O) groups excluding carboxylic acids is 1. The minimum Gasteiger partial charge on any atom is -0.356 e. The number of hydrogen-bond donors (Lipinski definition) is 2. The molecule has 1 amide bonds. The fourth-order valence-electron chi connectivity index (χ4n) is 2.16. The predicted octanol–water partition coefficient (Wildman–Crippen LogP) is 3.61. The maximum atomic E-state index is 11.9. The zero-order chi connectivity index (χ0) is 15.9. The monoisotopic (exact) mass is 338 g/mol. The van der Waals surface area contributed by atoms with Gasteiger partial charge in [-0.15, -0.1) is 11.3 Å². The molecule has 0 aliphatic heterocycles. The molecule has 0 atom stereocenters. The quantitative estimate of drug-likeness (QED) is 0.571. The van der Waals surface area contributed by atoms with Gasteiger partial charge in [0.2, 0.25) is 5.91 Å². The van der Waals surface area contributed by atoms with Crippen LogP contribution in [0.15, 0.2) is 17.5 Å². The molecule has 2 N–H and O–H groups in total. The summed E-state index contributed by atoms with van der Waals surface area (Å²) in [5.74, 6) is 1.53. The first-order valence-electron chi connectivity index (χ1n) is 7.53. The second kappa shape index (κ2) is 8.24. The first-order valence-corrected chi connectivity index (χ1v) is 8.82. The van der Waals surface area contributed by atoms with Crippen molar-refractivity contribution in [2.45, 2.75) is 39.7 Å². The van der Waals surface area contributed by atoms with Crippen molar-refractivity contribution in [3.63, 3.8) is 0 Å². The fraction of sp³-hybridized carbons (Fsp3) is 0.533. The van der Waals surface area contributed by atoms with Crippen LogP contribution in [0.2, 0.25) is 0 Å². The molecular weight excluding hydrogens is 316 g/mol. The van der Waals surface area contributed by atoms with Gasteiger partial charge in [0, 0.05) is 19.5 Å². The highest BCUT2D eigenvalue weighted by Crippen LogP contribution is 2.22. The zero-order valence-electron chi connectivity index (χ0n) is 13.0. The number of thiophene rings is 1. The molecule has 0 fully saturated rings. The van der Waals surface area contributed by atoms with E-state index < -0.39 is 0 Å². The van der Waals surface area contributed by atoms with Gasteiger partial charge in [0.15, 0.2) is 10.6 Å². The van der Waals surface area contributed by atoms with Gasteiger partial charge >= 0.3 is 0 Å². The topological polar surface area (TPSA) is 62.7 Å². The van der Waals surface area contributed by atoms with Crippen molar-refractivity contribution in [1.82, 2.24) is 20.1 Å². The third-order valence-corrected chi connectivity index (χ3v) is 4.52. The van der Waals surface area contributed by atoms with E-state index in [0.29, 0.717) is 23.7 Å². The highest BCUT2D eigenvalue weighted by molar-refractivity contribution is 7.71. The molecule has 2 rings (SSSR count). The lowest BCUT2D eigenvalue weighted by Gasteiger charge is -2.08. The molecule has 0 unspecified atom stereocenters. The molecule has 0 saturated heterocycles. The van der Waals surface area contributed by atoms with E-state index in [1.54, 1.807) is 11.3 Å². The number of aromatic amines is 1. The van der Waals surface area contributed by atoms with Crippen molar-refractivity contribution in [2.24, 2.45) is 5.92 Å². The summed E-state index contributed by atoms with van der Waals surface area (Å²) in [5.41, 5.74) is 0. The van der Waals surface area contributed by atoms with Gasteiger partial charge in [-0.2, -0.15) is 5.10 Å². The van der Waals surface area contributed by atoms with Crippen LogP contribution in [0.1, 0.15) is 33.1 Å². The Kier molecular flexibility index (Phi) is 6.33. The Morgan fingerprint density at radius 3 is 3.05 bits per heavy atom. The van der Waals surface area contributed by atoms with Crippen LogP contribution in [0, 0.1) is 10.7 Å². The number of hydrogen-bond acceptors (Lipinski definition) is 4. The van der Waals surface area contributed by atoms with Crippen LogP contribution < -0.4 is 5.32 Å². The normalized spacial score (nSPS) is 11.0. The Labute approximate surface area is 139 Å². The summed E-state index contributed by atoms with van der Waals surface area (Å²) in [6.07, 6.45) is 2.57. The van der Waals surface area contributed by atoms with E-state index in [0.717, 1.165) is 30.1 Å². The molecule has 7 heteroatoms. The number of nitrogens with one attached hydrogen (secondary N) is 2. The van der Waals surface area contributed by atoms with Crippen LogP contribution in [0.4, 0.5) is 0 Å². The average Bonchev–Trinajstić information content (AvgIpc) is 3.10. The zero-order valence-corrected chi connectivity index (χ0v) is 14.6.